The molecule has 0 aromatic carbocycles. The van der Waals surface area contributed by atoms with Crippen LogP contribution >= 0.6 is 11.5 Å². The predicted molar refractivity (Wildman–Crippen MR) is 77.6 cm³/mol. The van der Waals surface area contributed by atoms with Crippen LogP contribution in [0.3, 0.4) is 0 Å². The Bertz CT molecular complexity index is 498. The van der Waals surface area contributed by atoms with Crippen molar-refractivity contribution in [1.29, 1.82) is 0 Å². The molecule has 1 aliphatic heterocycles. The summed E-state index contributed by atoms with van der Waals surface area (Å²) in [7, 11) is 0. The summed E-state index contributed by atoms with van der Waals surface area (Å²) in [4.78, 5) is 1.48. The number of nitrogens with one attached hydrogen (secondary N) is 1. The zero-order chi connectivity index (χ0) is 15.0. The highest BCUT2D eigenvalue weighted by Crippen LogP contribution is 2.47. The fraction of sp³-hybridized carbons (Fsp3) is 0.769. The first-order valence-corrected chi connectivity index (χ1v) is 7.98. The van der Waals surface area contributed by atoms with Crippen molar-refractivity contribution < 1.29 is 13.2 Å². The number of halogens is 3. The summed E-state index contributed by atoms with van der Waals surface area (Å²) in [5.41, 5.74) is 7.00. The van der Waals surface area contributed by atoms with Crippen LogP contribution in [0.15, 0.2) is 0 Å². The van der Waals surface area contributed by atoms with Gasteiger partial charge < -0.3 is 11.1 Å². The van der Waals surface area contributed by atoms with Gasteiger partial charge >= 0.3 is 6.18 Å². The molecule has 4 nitrogen and oxygen atoms in total. The Labute approximate surface area is 125 Å². The number of nitrogen functional groups attached to an aromatic ring is 1. The highest BCUT2D eigenvalue weighted by Gasteiger charge is 2.35. The van der Waals surface area contributed by atoms with E-state index in [1.54, 1.807) is 0 Å². The van der Waals surface area contributed by atoms with E-state index < -0.39 is 12.7 Å². The minimum absolute atomic E-state index is 0.253. The van der Waals surface area contributed by atoms with Crippen molar-refractivity contribution in [2.45, 2.75) is 31.4 Å². The van der Waals surface area contributed by atoms with E-state index in [0.29, 0.717) is 31.4 Å². The highest BCUT2D eigenvalue weighted by molar-refractivity contribution is 7.10. The molecule has 0 bridgehead atoms. The van der Waals surface area contributed by atoms with Gasteiger partial charge in [-0.15, -0.1) is 0 Å². The molecule has 1 aliphatic carbocycles. The molecular formula is C13H19F3N4S. The number of hydrogen-bond acceptors (Lipinski definition) is 5. The third kappa shape index (κ3) is 3.79. The highest BCUT2D eigenvalue weighted by atomic mass is 32.1. The van der Waals surface area contributed by atoms with Crippen LogP contribution in [0.5, 0.6) is 0 Å². The summed E-state index contributed by atoms with van der Waals surface area (Å²) in [6, 6.07) is 0. The van der Waals surface area contributed by atoms with Crippen LogP contribution in [0.1, 0.15) is 30.7 Å². The average Bonchev–Trinajstić information content (AvgIpc) is 3.01. The molecule has 1 atom stereocenters. The third-order valence-corrected chi connectivity index (χ3v) is 4.90. The van der Waals surface area contributed by atoms with Crippen LogP contribution in [0.4, 0.5) is 24.0 Å². The molecule has 118 valence electrons. The number of alkyl halides is 3. The van der Waals surface area contributed by atoms with Gasteiger partial charge in [0.25, 0.3) is 0 Å². The SMILES string of the molecule is Nc1nsc(NCC2CCN(CC(F)(F)F)C2)c1C1CC1. The minimum Gasteiger partial charge on any atom is -0.383 e. The number of nitrogens with zero attached hydrogens (tertiary/aromatic N) is 2. The third-order valence-electron chi connectivity index (χ3n) is 4.07. The lowest BCUT2D eigenvalue weighted by Crippen LogP contribution is -2.33. The van der Waals surface area contributed by atoms with Crippen molar-refractivity contribution in [3.8, 4) is 0 Å². The second-order valence-electron chi connectivity index (χ2n) is 5.97. The molecule has 1 saturated carbocycles. The van der Waals surface area contributed by atoms with E-state index in [2.05, 4.69) is 9.69 Å². The molecule has 1 aromatic heterocycles. The first-order chi connectivity index (χ1) is 9.92. The number of hydrogen-bond donors (Lipinski definition) is 2. The molecular weight excluding hydrogens is 301 g/mol. The summed E-state index contributed by atoms with van der Waals surface area (Å²) < 4.78 is 41.3. The summed E-state index contributed by atoms with van der Waals surface area (Å²) in [5.74, 6) is 1.38. The van der Waals surface area contributed by atoms with Gasteiger partial charge in [0.15, 0.2) is 0 Å². The van der Waals surface area contributed by atoms with Gasteiger partial charge in [-0.05, 0) is 49.2 Å². The molecule has 1 saturated heterocycles. The van der Waals surface area contributed by atoms with Crippen LogP contribution in [-0.2, 0) is 0 Å². The number of nitrogens with two attached hydrogens (primary N) is 1. The molecule has 21 heavy (non-hydrogen) atoms. The standard InChI is InChI=1S/C13H19F3N4S/c14-13(15,16)7-20-4-3-8(6-20)5-18-12-10(9-1-2-9)11(17)19-21-12/h8-9,18H,1-7H2,(H2,17,19). The van der Waals surface area contributed by atoms with Crippen molar-refractivity contribution in [3.05, 3.63) is 5.56 Å². The van der Waals surface area contributed by atoms with Crippen LogP contribution < -0.4 is 11.1 Å². The van der Waals surface area contributed by atoms with Crippen molar-refractivity contribution in [1.82, 2.24) is 9.27 Å². The Morgan fingerprint density at radius 1 is 1.33 bits per heavy atom. The average molecular weight is 320 g/mol. The van der Waals surface area contributed by atoms with E-state index >= 15 is 0 Å². The predicted octanol–water partition coefficient (Wildman–Crippen LogP) is 2.90. The van der Waals surface area contributed by atoms with Crippen LogP contribution in [-0.4, -0.2) is 41.6 Å². The summed E-state index contributed by atoms with van der Waals surface area (Å²) in [6.45, 7) is 0.908. The maximum Gasteiger partial charge on any atom is 0.401 e. The number of aromatic nitrogens is 1. The molecule has 1 unspecified atom stereocenters. The lowest BCUT2D eigenvalue weighted by molar-refractivity contribution is -0.143. The molecule has 0 amide bonds. The van der Waals surface area contributed by atoms with E-state index in [1.807, 2.05) is 0 Å². The summed E-state index contributed by atoms with van der Waals surface area (Å²) >= 11 is 1.36. The van der Waals surface area contributed by atoms with Gasteiger partial charge in [-0.1, -0.05) is 0 Å². The Balaban J connectivity index is 1.50. The molecule has 0 radical (unpaired) electrons. The van der Waals surface area contributed by atoms with E-state index in [4.69, 9.17) is 5.73 Å². The summed E-state index contributed by atoms with van der Waals surface area (Å²) in [6.07, 6.45) is -0.996. The molecule has 2 aliphatic rings. The van der Waals surface area contributed by atoms with Gasteiger partial charge in [0.05, 0.1) is 6.54 Å². The summed E-state index contributed by atoms with van der Waals surface area (Å²) in [5, 5.41) is 4.35. The van der Waals surface area contributed by atoms with Crippen LogP contribution in [0.2, 0.25) is 0 Å². The number of anilines is 2. The normalized spacial score (nSPS) is 23.7. The second-order valence-corrected chi connectivity index (χ2v) is 6.74. The lowest BCUT2D eigenvalue weighted by Gasteiger charge is -2.18. The Morgan fingerprint density at radius 2 is 2.10 bits per heavy atom. The minimum atomic E-state index is -4.10. The number of rotatable bonds is 5. The van der Waals surface area contributed by atoms with Gasteiger partial charge in [0, 0.05) is 18.7 Å². The monoisotopic (exact) mass is 320 g/mol. The smallest absolute Gasteiger partial charge is 0.383 e. The Kier molecular flexibility index (Phi) is 4.00. The zero-order valence-corrected chi connectivity index (χ0v) is 12.4. The van der Waals surface area contributed by atoms with Crippen LogP contribution in [0.25, 0.3) is 0 Å². The zero-order valence-electron chi connectivity index (χ0n) is 11.6. The first-order valence-electron chi connectivity index (χ1n) is 7.20. The molecule has 3 N–H and O–H groups in total. The number of likely N-dealkylation sites (tertiary alicyclic amines) is 1. The van der Waals surface area contributed by atoms with Gasteiger partial charge in [-0.25, -0.2) is 0 Å². The van der Waals surface area contributed by atoms with E-state index in [-0.39, 0.29) is 5.92 Å². The van der Waals surface area contributed by atoms with Gasteiger partial charge in [0.2, 0.25) is 0 Å². The van der Waals surface area contributed by atoms with Gasteiger partial charge in [-0.2, -0.15) is 17.5 Å². The van der Waals surface area contributed by atoms with E-state index in [0.717, 1.165) is 29.8 Å². The molecule has 1 aromatic rings. The van der Waals surface area contributed by atoms with Crippen molar-refractivity contribution >= 4 is 22.4 Å². The molecule has 8 heteroatoms. The van der Waals surface area contributed by atoms with Crippen molar-refractivity contribution in [3.63, 3.8) is 0 Å². The second kappa shape index (κ2) is 5.64. The fourth-order valence-electron chi connectivity index (χ4n) is 2.92. The van der Waals surface area contributed by atoms with Gasteiger partial charge in [0.1, 0.15) is 10.8 Å². The largest absolute Gasteiger partial charge is 0.401 e. The molecule has 0 spiro atoms. The maximum absolute atomic E-state index is 12.4. The lowest BCUT2D eigenvalue weighted by atomic mass is 10.1. The maximum atomic E-state index is 12.4. The van der Waals surface area contributed by atoms with Crippen molar-refractivity contribution in [2.24, 2.45) is 5.92 Å². The molecule has 2 fully saturated rings. The fourth-order valence-corrected chi connectivity index (χ4v) is 3.72. The molecule has 3 rings (SSSR count). The van der Waals surface area contributed by atoms with E-state index in [9.17, 15) is 13.2 Å². The van der Waals surface area contributed by atoms with E-state index in [1.165, 1.54) is 16.4 Å². The topological polar surface area (TPSA) is 54.2 Å². The first kappa shape index (κ1) is 14.9. The quantitative estimate of drug-likeness (QED) is 0.876. The molecule has 2 heterocycles. The Morgan fingerprint density at radius 3 is 2.76 bits per heavy atom. The van der Waals surface area contributed by atoms with Crippen LogP contribution in [0, 0.1) is 5.92 Å². The Hall–Kier alpha value is -1.02. The van der Waals surface area contributed by atoms with Gasteiger partial charge in [-0.3, -0.25) is 4.90 Å². The van der Waals surface area contributed by atoms with Crippen molar-refractivity contribution in [2.75, 3.05) is 37.2 Å².